The van der Waals surface area contributed by atoms with Crippen LogP contribution in [0.4, 0.5) is 17.6 Å². The first-order valence-corrected chi connectivity index (χ1v) is 6.74. The molecule has 0 bridgehead atoms. The second kappa shape index (κ2) is 5.77. The normalized spacial score (nSPS) is 11.5. The molecule has 7 heteroatoms. The van der Waals surface area contributed by atoms with Gasteiger partial charge < -0.3 is 0 Å². The SMILES string of the molecule is O=C(c1ccc(Cl)cc1F)c1cc(C(F)(F)F)ccc1Br. The first-order chi connectivity index (χ1) is 9.70. The van der Waals surface area contributed by atoms with E-state index in [-0.39, 0.29) is 20.6 Å². The van der Waals surface area contributed by atoms with Gasteiger partial charge in [-0.2, -0.15) is 13.2 Å². The zero-order valence-corrected chi connectivity index (χ0v) is 12.5. The molecule has 21 heavy (non-hydrogen) atoms. The summed E-state index contributed by atoms with van der Waals surface area (Å²) in [6, 6.07) is 5.96. The summed E-state index contributed by atoms with van der Waals surface area (Å²) in [5, 5.41) is 0.0900. The summed E-state index contributed by atoms with van der Waals surface area (Å²) in [5.74, 6) is -1.75. The van der Waals surface area contributed by atoms with Crippen molar-refractivity contribution in [3.8, 4) is 0 Å². The topological polar surface area (TPSA) is 17.1 Å². The quantitative estimate of drug-likeness (QED) is 0.496. The molecule has 0 saturated heterocycles. The third kappa shape index (κ3) is 3.44. The molecule has 0 aliphatic carbocycles. The molecule has 0 amide bonds. The van der Waals surface area contributed by atoms with Crippen LogP contribution in [0, 0.1) is 5.82 Å². The third-order valence-electron chi connectivity index (χ3n) is 2.71. The molecule has 110 valence electrons. The summed E-state index contributed by atoms with van der Waals surface area (Å²) >= 11 is 8.57. The number of benzene rings is 2. The van der Waals surface area contributed by atoms with Gasteiger partial charge in [0.2, 0.25) is 0 Å². The Morgan fingerprint density at radius 2 is 1.71 bits per heavy atom. The minimum atomic E-state index is -4.59. The molecule has 0 saturated carbocycles. The highest BCUT2D eigenvalue weighted by Gasteiger charge is 2.32. The zero-order valence-electron chi connectivity index (χ0n) is 10.1. The average molecular weight is 382 g/mol. The van der Waals surface area contributed by atoms with Crippen molar-refractivity contribution in [3.63, 3.8) is 0 Å². The molecular formula is C14H6BrClF4O. The molecule has 2 aromatic rings. The molecule has 0 aliphatic heterocycles. The van der Waals surface area contributed by atoms with Gasteiger partial charge in [0.15, 0.2) is 5.78 Å². The van der Waals surface area contributed by atoms with E-state index >= 15 is 0 Å². The Balaban J connectivity index is 2.53. The number of halogens is 6. The molecule has 0 unspecified atom stereocenters. The summed E-state index contributed by atoms with van der Waals surface area (Å²) < 4.78 is 51.9. The van der Waals surface area contributed by atoms with Crippen molar-refractivity contribution < 1.29 is 22.4 Å². The van der Waals surface area contributed by atoms with Crippen LogP contribution in [0.1, 0.15) is 21.5 Å². The van der Waals surface area contributed by atoms with Crippen LogP contribution in [0.15, 0.2) is 40.9 Å². The maximum absolute atomic E-state index is 13.7. The van der Waals surface area contributed by atoms with Crippen LogP contribution in [0.25, 0.3) is 0 Å². The van der Waals surface area contributed by atoms with Crippen LogP contribution < -0.4 is 0 Å². The predicted octanol–water partition coefficient (Wildman–Crippen LogP) is 5.49. The van der Waals surface area contributed by atoms with Gasteiger partial charge in [0.05, 0.1) is 11.1 Å². The van der Waals surface area contributed by atoms with Crippen LogP contribution in [-0.4, -0.2) is 5.78 Å². The minimum absolute atomic E-state index is 0.0900. The highest BCUT2D eigenvalue weighted by molar-refractivity contribution is 9.10. The molecule has 0 N–H and O–H groups in total. The van der Waals surface area contributed by atoms with Gasteiger partial charge in [-0.15, -0.1) is 0 Å². The van der Waals surface area contributed by atoms with E-state index in [9.17, 15) is 22.4 Å². The van der Waals surface area contributed by atoms with Crippen molar-refractivity contribution in [1.29, 1.82) is 0 Å². The molecule has 0 aromatic heterocycles. The van der Waals surface area contributed by atoms with E-state index in [2.05, 4.69) is 15.9 Å². The number of alkyl halides is 3. The van der Waals surface area contributed by atoms with Gasteiger partial charge in [0, 0.05) is 15.1 Å². The fourth-order valence-corrected chi connectivity index (χ4v) is 2.28. The van der Waals surface area contributed by atoms with Gasteiger partial charge in [0.25, 0.3) is 0 Å². The standard InChI is InChI=1S/C14H6BrClF4O/c15-11-4-1-7(14(18,19)20)5-10(11)13(21)9-3-2-8(16)6-12(9)17/h1-6H. The zero-order chi connectivity index (χ0) is 15.8. The highest BCUT2D eigenvalue weighted by atomic mass is 79.9. The fourth-order valence-electron chi connectivity index (χ4n) is 1.69. The van der Waals surface area contributed by atoms with Crippen molar-refractivity contribution >= 4 is 33.3 Å². The maximum atomic E-state index is 13.7. The third-order valence-corrected chi connectivity index (χ3v) is 3.64. The molecule has 1 nitrogen and oxygen atoms in total. The summed E-state index contributed by atoms with van der Waals surface area (Å²) in [5.41, 5.74) is -1.60. The van der Waals surface area contributed by atoms with Gasteiger partial charge in [0.1, 0.15) is 5.82 Å². The van der Waals surface area contributed by atoms with Crippen molar-refractivity contribution in [2.24, 2.45) is 0 Å². The lowest BCUT2D eigenvalue weighted by Gasteiger charge is -2.10. The van der Waals surface area contributed by atoms with E-state index < -0.39 is 23.3 Å². The van der Waals surface area contributed by atoms with Crippen molar-refractivity contribution in [1.82, 2.24) is 0 Å². The lowest BCUT2D eigenvalue weighted by molar-refractivity contribution is -0.137. The second-order valence-corrected chi connectivity index (χ2v) is 5.44. The van der Waals surface area contributed by atoms with Crippen LogP contribution in [0.2, 0.25) is 5.02 Å². The van der Waals surface area contributed by atoms with Crippen molar-refractivity contribution in [2.75, 3.05) is 0 Å². The average Bonchev–Trinajstić information content (AvgIpc) is 2.37. The van der Waals surface area contributed by atoms with E-state index in [0.717, 1.165) is 24.3 Å². The van der Waals surface area contributed by atoms with Crippen LogP contribution in [0.3, 0.4) is 0 Å². The molecule has 0 spiro atoms. The number of ketones is 1. The molecule has 0 atom stereocenters. The summed E-state index contributed by atoms with van der Waals surface area (Å²) in [4.78, 5) is 12.2. The fraction of sp³-hybridized carbons (Fsp3) is 0.0714. The molecule has 2 aromatic carbocycles. The van der Waals surface area contributed by atoms with Crippen molar-refractivity contribution in [2.45, 2.75) is 6.18 Å². The maximum Gasteiger partial charge on any atom is 0.416 e. The second-order valence-electron chi connectivity index (χ2n) is 4.15. The number of hydrogen-bond acceptors (Lipinski definition) is 1. The summed E-state index contributed by atoms with van der Waals surface area (Å²) in [7, 11) is 0. The number of rotatable bonds is 2. The van der Waals surface area contributed by atoms with E-state index in [1.54, 1.807) is 0 Å². The smallest absolute Gasteiger partial charge is 0.288 e. The molecule has 0 heterocycles. The number of hydrogen-bond donors (Lipinski definition) is 0. The van der Waals surface area contributed by atoms with E-state index in [1.165, 1.54) is 6.07 Å². The molecule has 0 fully saturated rings. The lowest BCUT2D eigenvalue weighted by Crippen LogP contribution is -2.10. The lowest BCUT2D eigenvalue weighted by atomic mass is 10.0. The Morgan fingerprint density at radius 1 is 1.05 bits per heavy atom. The predicted molar refractivity (Wildman–Crippen MR) is 74.0 cm³/mol. The van der Waals surface area contributed by atoms with Crippen LogP contribution >= 0.6 is 27.5 Å². The van der Waals surface area contributed by atoms with Gasteiger partial charge >= 0.3 is 6.18 Å². The Kier molecular flexibility index (Phi) is 4.39. The van der Waals surface area contributed by atoms with E-state index in [0.29, 0.717) is 6.07 Å². The van der Waals surface area contributed by atoms with E-state index in [1.807, 2.05) is 0 Å². The van der Waals surface area contributed by atoms with Crippen LogP contribution in [0.5, 0.6) is 0 Å². The largest absolute Gasteiger partial charge is 0.416 e. The van der Waals surface area contributed by atoms with Crippen LogP contribution in [-0.2, 0) is 6.18 Å². The van der Waals surface area contributed by atoms with Gasteiger partial charge in [-0.25, -0.2) is 4.39 Å². The number of carbonyl (C=O) groups excluding carboxylic acids is 1. The molecule has 0 aliphatic rings. The Hall–Kier alpha value is -1.40. The number of carbonyl (C=O) groups is 1. The highest BCUT2D eigenvalue weighted by Crippen LogP contribution is 2.33. The molecule has 0 radical (unpaired) electrons. The molecular weight excluding hydrogens is 376 g/mol. The monoisotopic (exact) mass is 380 g/mol. The summed E-state index contributed by atoms with van der Waals surface area (Å²) in [6.07, 6.45) is -4.59. The Bertz CT molecular complexity index is 713. The first-order valence-electron chi connectivity index (χ1n) is 5.56. The van der Waals surface area contributed by atoms with Crippen molar-refractivity contribution in [3.05, 3.63) is 68.4 Å². The first kappa shape index (κ1) is 16.0. The minimum Gasteiger partial charge on any atom is -0.288 e. The summed E-state index contributed by atoms with van der Waals surface area (Å²) in [6.45, 7) is 0. The Labute approximate surface area is 130 Å². The van der Waals surface area contributed by atoms with Gasteiger partial charge in [-0.05, 0) is 36.4 Å². The molecule has 2 rings (SSSR count). The van der Waals surface area contributed by atoms with Gasteiger partial charge in [-0.1, -0.05) is 27.5 Å². The van der Waals surface area contributed by atoms with Gasteiger partial charge in [-0.3, -0.25) is 4.79 Å². The Morgan fingerprint density at radius 3 is 2.29 bits per heavy atom. The van der Waals surface area contributed by atoms with E-state index in [4.69, 9.17) is 11.6 Å².